The minimum absolute atomic E-state index is 0.124. The zero-order valence-corrected chi connectivity index (χ0v) is 18.9. The minimum atomic E-state index is -3.92. The van der Waals surface area contributed by atoms with E-state index in [2.05, 4.69) is 14.9 Å². The van der Waals surface area contributed by atoms with E-state index < -0.39 is 16.1 Å². The molecule has 0 aliphatic carbocycles. The Bertz CT molecular complexity index is 1180. The van der Waals surface area contributed by atoms with Crippen LogP contribution in [0, 0.1) is 20.8 Å². The summed E-state index contributed by atoms with van der Waals surface area (Å²) < 4.78 is 47.5. The van der Waals surface area contributed by atoms with Crippen molar-refractivity contribution in [1.82, 2.24) is 19.5 Å². The van der Waals surface area contributed by atoms with Crippen LogP contribution in [0.25, 0.3) is 11.5 Å². The van der Waals surface area contributed by atoms with E-state index in [4.69, 9.17) is 13.9 Å². The fourth-order valence-electron chi connectivity index (χ4n) is 3.38. The van der Waals surface area contributed by atoms with E-state index >= 15 is 0 Å². The highest BCUT2D eigenvalue weighted by Gasteiger charge is 2.31. The molecule has 0 saturated carbocycles. The maximum absolute atomic E-state index is 13.4. The van der Waals surface area contributed by atoms with Crippen molar-refractivity contribution in [1.29, 1.82) is 0 Å². The lowest BCUT2D eigenvalue weighted by Gasteiger charge is -2.17. The number of ether oxygens (including phenoxy) is 2. The van der Waals surface area contributed by atoms with Gasteiger partial charge in [0.05, 0.1) is 19.8 Å². The molecule has 162 valence electrons. The Morgan fingerprint density at radius 2 is 1.73 bits per heavy atom. The molecule has 0 unspecified atom stereocenters. The smallest absolute Gasteiger partial charge is 0.250 e. The number of sulfonamides is 1. The molecule has 0 spiro atoms. The molecule has 2 heterocycles. The van der Waals surface area contributed by atoms with E-state index in [1.807, 2.05) is 6.92 Å². The van der Waals surface area contributed by atoms with Gasteiger partial charge >= 0.3 is 0 Å². The van der Waals surface area contributed by atoms with Gasteiger partial charge in [-0.1, -0.05) is 6.07 Å². The molecule has 9 nitrogen and oxygen atoms in total. The number of methoxy groups -OCH3 is 2. The van der Waals surface area contributed by atoms with Crippen molar-refractivity contribution in [2.75, 3.05) is 14.2 Å². The molecule has 1 N–H and O–H groups in total. The average molecular weight is 435 g/mol. The normalized spacial score (nSPS) is 12.8. The number of nitrogens with one attached hydrogen (secondary N) is 1. The van der Waals surface area contributed by atoms with Crippen molar-refractivity contribution in [3.05, 3.63) is 41.0 Å². The summed E-state index contributed by atoms with van der Waals surface area (Å²) in [6.07, 6.45) is 0. The fraction of sp³-hybridized carbons (Fsp3) is 0.400. The van der Waals surface area contributed by atoms with Crippen LogP contribution >= 0.6 is 0 Å². The third kappa shape index (κ3) is 3.80. The molecule has 3 aromatic rings. The van der Waals surface area contributed by atoms with Crippen LogP contribution in [0.1, 0.15) is 35.8 Å². The summed E-state index contributed by atoms with van der Waals surface area (Å²) in [5.74, 6) is 1.63. The molecule has 0 saturated heterocycles. The zero-order valence-electron chi connectivity index (χ0n) is 18.1. The summed E-state index contributed by atoms with van der Waals surface area (Å²) in [6.45, 7) is 6.99. The van der Waals surface area contributed by atoms with Gasteiger partial charge in [-0.2, -0.15) is 0 Å². The van der Waals surface area contributed by atoms with Crippen molar-refractivity contribution >= 4 is 10.0 Å². The van der Waals surface area contributed by atoms with E-state index in [1.165, 1.54) is 7.11 Å². The summed E-state index contributed by atoms with van der Waals surface area (Å²) in [5.41, 5.74) is 2.43. The van der Waals surface area contributed by atoms with E-state index in [0.717, 1.165) is 11.3 Å². The molecule has 0 aliphatic rings. The Hall–Kier alpha value is -2.85. The molecule has 10 heteroatoms. The topological polar surface area (TPSA) is 108 Å². The molecule has 0 bridgehead atoms. The number of aromatic nitrogens is 3. The van der Waals surface area contributed by atoms with Gasteiger partial charge in [0, 0.05) is 31.4 Å². The van der Waals surface area contributed by atoms with Gasteiger partial charge < -0.3 is 18.5 Å². The largest absolute Gasteiger partial charge is 0.493 e. The molecule has 0 fully saturated rings. The number of benzene rings is 1. The van der Waals surface area contributed by atoms with Crippen molar-refractivity contribution in [2.45, 2.75) is 38.6 Å². The van der Waals surface area contributed by atoms with E-state index in [0.29, 0.717) is 28.6 Å². The Morgan fingerprint density at radius 1 is 1.07 bits per heavy atom. The molecule has 0 radical (unpaired) electrons. The fourth-order valence-corrected chi connectivity index (χ4v) is 5.13. The quantitative estimate of drug-likeness (QED) is 0.609. The first-order valence-electron chi connectivity index (χ1n) is 9.31. The van der Waals surface area contributed by atoms with Gasteiger partial charge in [-0.05, 0) is 38.5 Å². The van der Waals surface area contributed by atoms with Crippen LogP contribution in [-0.4, -0.2) is 37.4 Å². The second-order valence-electron chi connectivity index (χ2n) is 7.02. The first-order valence-corrected chi connectivity index (χ1v) is 10.8. The first-order chi connectivity index (χ1) is 14.1. The molecule has 3 rings (SSSR count). The Labute approximate surface area is 176 Å². The summed E-state index contributed by atoms with van der Waals surface area (Å²) in [7, 11) is 0.964. The van der Waals surface area contributed by atoms with Crippen LogP contribution in [0.5, 0.6) is 11.5 Å². The molecule has 30 heavy (non-hydrogen) atoms. The highest BCUT2D eigenvalue weighted by atomic mass is 32.2. The lowest BCUT2D eigenvalue weighted by molar-refractivity contribution is 0.354. The Kier molecular flexibility index (Phi) is 5.91. The highest BCUT2D eigenvalue weighted by Crippen LogP contribution is 2.36. The SMILES string of the molecule is COc1ccc([C@@H](C)NS(=O)(=O)c2c(-c3nnc(C)o3)c(C)n(C)c2C)cc1OC. The second kappa shape index (κ2) is 8.11. The van der Waals surface area contributed by atoms with Gasteiger partial charge in [0.25, 0.3) is 5.89 Å². The number of nitrogens with zero attached hydrogens (tertiary/aromatic N) is 3. The number of hydrogen-bond acceptors (Lipinski definition) is 7. The Balaban J connectivity index is 2.03. The van der Waals surface area contributed by atoms with Crippen molar-refractivity contribution in [2.24, 2.45) is 7.05 Å². The zero-order chi connectivity index (χ0) is 22.2. The number of hydrogen-bond donors (Lipinski definition) is 1. The lowest BCUT2D eigenvalue weighted by Crippen LogP contribution is -2.27. The van der Waals surface area contributed by atoms with E-state index in [9.17, 15) is 8.42 Å². The Morgan fingerprint density at radius 3 is 2.30 bits per heavy atom. The van der Waals surface area contributed by atoms with Crippen LogP contribution in [0.4, 0.5) is 0 Å². The first kappa shape index (κ1) is 21.8. The third-order valence-corrected chi connectivity index (χ3v) is 6.87. The van der Waals surface area contributed by atoms with Gasteiger partial charge in [0.2, 0.25) is 15.9 Å². The molecular weight excluding hydrogens is 408 g/mol. The van der Waals surface area contributed by atoms with E-state index in [-0.39, 0.29) is 10.8 Å². The average Bonchev–Trinajstić information content (AvgIpc) is 3.23. The van der Waals surface area contributed by atoms with Gasteiger partial charge in [-0.3, -0.25) is 0 Å². The summed E-state index contributed by atoms with van der Waals surface area (Å²) >= 11 is 0. The molecule has 0 amide bonds. The second-order valence-corrected chi connectivity index (χ2v) is 8.67. The maximum atomic E-state index is 13.4. The van der Waals surface area contributed by atoms with Gasteiger partial charge in [-0.25, -0.2) is 13.1 Å². The summed E-state index contributed by atoms with van der Waals surface area (Å²) in [5, 5.41) is 7.88. The molecule has 0 aliphatic heterocycles. The lowest BCUT2D eigenvalue weighted by atomic mass is 10.1. The van der Waals surface area contributed by atoms with E-state index in [1.54, 1.807) is 57.7 Å². The standard InChI is InChI=1S/C20H26N4O5S/c1-11(15-8-9-16(27-6)17(10-15)28-7)23-30(25,26)19-13(3)24(5)12(2)18(19)20-22-21-14(4)29-20/h8-11,23H,1-7H3/t11-/m1/s1. The molecule has 1 aromatic carbocycles. The summed E-state index contributed by atoms with van der Waals surface area (Å²) in [6, 6.07) is 4.76. The van der Waals surface area contributed by atoms with Crippen molar-refractivity contribution in [3.63, 3.8) is 0 Å². The summed E-state index contributed by atoms with van der Waals surface area (Å²) in [4.78, 5) is 0.124. The van der Waals surface area contributed by atoms with Crippen LogP contribution in [0.15, 0.2) is 27.5 Å². The van der Waals surface area contributed by atoms with Gasteiger partial charge in [-0.15, -0.1) is 10.2 Å². The van der Waals surface area contributed by atoms with Crippen LogP contribution in [-0.2, 0) is 17.1 Å². The van der Waals surface area contributed by atoms with Gasteiger partial charge in [0.15, 0.2) is 11.5 Å². The van der Waals surface area contributed by atoms with Crippen molar-refractivity contribution in [3.8, 4) is 23.0 Å². The monoisotopic (exact) mass is 434 g/mol. The molecule has 2 aromatic heterocycles. The predicted molar refractivity (Wildman–Crippen MR) is 111 cm³/mol. The predicted octanol–water partition coefficient (Wildman–Crippen LogP) is 3.06. The number of aryl methyl sites for hydroxylation is 1. The maximum Gasteiger partial charge on any atom is 0.250 e. The highest BCUT2D eigenvalue weighted by molar-refractivity contribution is 7.89. The van der Waals surface area contributed by atoms with Gasteiger partial charge in [0.1, 0.15) is 4.90 Å². The van der Waals surface area contributed by atoms with Crippen LogP contribution in [0.2, 0.25) is 0 Å². The third-order valence-electron chi connectivity index (χ3n) is 5.17. The van der Waals surface area contributed by atoms with Crippen LogP contribution in [0.3, 0.4) is 0 Å². The number of rotatable bonds is 7. The van der Waals surface area contributed by atoms with Crippen molar-refractivity contribution < 1.29 is 22.3 Å². The molecule has 1 atom stereocenters. The minimum Gasteiger partial charge on any atom is -0.493 e. The molecular formula is C20H26N4O5S. The van der Waals surface area contributed by atoms with Crippen LogP contribution < -0.4 is 14.2 Å².